The van der Waals surface area contributed by atoms with Crippen molar-refractivity contribution in [3.63, 3.8) is 0 Å². The van der Waals surface area contributed by atoms with E-state index in [-0.39, 0.29) is 58.1 Å². The zero-order chi connectivity index (χ0) is 30.1. The Kier molecular flexibility index (Phi) is 6.49. The van der Waals surface area contributed by atoms with Crippen LogP contribution in [-0.4, -0.2) is 34.6 Å². The lowest BCUT2D eigenvalue weighted by molar-refractivity contribution is -0.123. The molecule has 3 fully saturated rings. The summed E-state index contributed by atoms with van der Waals surface area (Å²) in [6.45, 7) is -0.169. The molecule has 2 aliphatic heterocycles. The molecule has 3 heterocycles. The van der Waals surface area contributed by atoms with Gasteiger partial charge in [-0.05, 0) is 78.3 Å². The predicted molar refractivity (Wildman–Crippen MR) is 164 cm³/mol. The minimum absolute atomic E-state index is 0.0201. The number of halogens is 1. The summed E-state index contributed by atoms with van der Waals surface area (Å²) in [5, 5.41) is 3.67. The maximum atomic E-state index is 13.9. The highest BCUT2D eigenvalue weighted by atomic mass is 32.2. The van der Waals surface area contributed by atoms with E-state index in [0.717, 1.165) is 21.9 Å². The van der Waals surface area contributed by atoms with E-state index in [0.29, 0.717) is 17.1 Å². The molecule has 1 saturated heterocycles. The number of rotatable bonds is 6. The fourth-order valence-corrected chi connectivity index (χ4v) is 10.8. The smallest absolute Gasteiger partial charge is 0.305 e. The van der Waals surface area contributed by atoms with E-state index in [2.05, 4.69) is 10.3 Å². The summed E-state index contributed by atoms with van der Waals surface area (Å²) < 4.78 is 19.5. The molecule has 0 unspecified atom stereocenters. The molecule has 7 atom stereocenters. The number of imide groups is 1. The van der Waals surface area contributed by atoms with Gasteiger partial charge in [0, 0.05) is 21.7 Å². The van der Waals surface area contributed by atoms with Gasteiger partial charge in [-0.1, -0.05) is 41.7 Å². The molecule has 8 rings (SSSR count). The number of thiazole rings is 1. The van der Waals surface area contributed by atoms with Crippen LogP contribution in [0.4, 0.5) is 15.8 Å². The molecule has 44 heavy (non-hydrogen) atoms. The first-order valence-electron chi connectivity index (χ1n) is 14.5. The van der Waals surface area contributed by atoms with Gasteiger partial charge < -0.3 is 15.0 Å². The monoisotopic (exact) mass is 627 g/mol. The number of fused-ring (bicyclic) bond motifs is 9. The van der Waals surface area contributed by atoms with Crippen LogP contribution in [0.3, 0.4) is 0 Å². The van der Waals surface area contributed by atoms with Gasteiger partial charge in [-0.2, -0.15) is 0 Å². The van der Waals surface area contributed by atoms with Crippen LogP contribution in [0.2, 0.25) is 0 Å². The Morgan fingerprint density at radius 2 is 1.70 bits per heavy atom. The summed E-state index contributed by atoms with van der Waals surface area (Å²) in [7, 11) is 0. The van der Waals surface area contributed by atoms with Crippen molar-refractivity contribution >= 4 is 52.2 Å². The zero-order valence-corrected chi connectivity index (χ0v) is 24.8. The number of aromatic amines is 1. The van der Waals surface area contributed by atoms with Gasteiger partial charge in [-0.3, -0.25) is 24.1 Å². The number of thioether (sulfide) groups is 1. The summed E-state index contributed by atoms with van der Waals surface area (Å²) in [5.74, 6) is -1.76. The van der Waals surface area contributed by atoms with Crippen molar-refractivity contribution < 1.29 is 23.5 Å². The van der Waals surface area contributed by atoms with Crippen LogP contribution in [0.25, 0.3) is 0 Å². The van der Waals surface area contributed by atoms with Crippen molar-refractivity contribution in [3.8, 4) is 5.75 Å². The largest absolute Gasteiger partial charge is 0.484 e. The minimum atomic E-state index is -0.458. The second-order valence-electron chi connectivity index (χ2n) is 11.7. The standard InChI is InChI=1S/C33H26FN3O5S2/c34-17-9-11-19(12-10-17)37-31(39)26-21-14-22(27(26)32(37)40)28-25(21)24(29-30(43-28)36-33(41)44-29)16-5-4-8-20(13-16)42-15-23(38)35-18-6-2-1-3-7-18/h1-13,21-22,24-28H,14-15H2,(H,35,38)(H,36,41)/t21-,22-,24+,25-,26+,27+,28-/m1/s1. The fraction of sp³-hybridized carbons (Fsp3) is 0.273. The molecule has 222 valence electrons. The Bertz CT molecular complexity index is 1860. The first-order valence-corrected chi connectivity index (χ1v) is 16.2. The molecule has 0 spiro atoms. The lowest BCUT2D eigenvalue weighted by Gasteiger charge is -2.43. The maximum Gasteiger partial charge on any atom is 0.305 e. The highest BCUT2D eigenvalue weighted by molar-refractivity contribution is 8.00. The first-order chi connectivity index (χ1) is 21.4. The number of para-hydroxylation sites is 1. The Labute approximate surface area is 259 Å². The molecule has 2 saturated carbocycles. The predicted octanol–water partition coefficient (Wildman–Crippen LogP) is 5.27. The maximum absolute atomic E-state index is 13.9. The minimum Gasteiger partial charge on any atom is -0.484 e. The second-order valence-corrected chi connectivity index (χ2v) is 13.9. The van der Waals surface area contributed by atoms with Gasteiger partial charge in [0.05, 0.1) is 22.5 Å². The molecule has 3 amide bonds. The van der Waals surface area contributed by atoms with E-state index in [1.807, 2.05) is 36.4 Å². The number of amides is 3. The average Bonchev–Trinajstić information content (AvgIpc) is 3.76. The lowest BCUT2D eigenvalue weighted by atomic mass is 9.68. The Morgan fingerprint density at radius 3 is 2.48 bits per heavy atom. The second kappa shape index (κ2) is 10.4. The van der Waals surface area contributed by atoms with Gasteiger partial charge in [-0.15, -0.1) is 11.8 Å². The van der Waals surface area contributed by atoms with Gasteiger partial charge >= 0.3 is 4.87 Å². The van der Waals surface area contributed by atoms with Gasteiger partial charge in [0.2, 0.25) is 11.8 Å². The van der Waals surface area contributed by atoms with E-state index in [1.165, 1.54) is 40.5 Å². The van der Waals surface area contributed by atoms with Crippen LogP contribution >= 0.6 is 23.1 Å². The zero-order valence-electron chi connectivity index (χ0n) is 23.1. The van der Waals surface area contributed by atoms with Crippen molar-refractivity contribution in [2.75, 3.05) is 16.8 Å². The van der Waals surface area contributed by atoms with E-state index >= 15 is 0 Å². The van der Waals surface area contributed by atoms with E-state index in [9.17, 15) is 23.6 Å². The summed E-state index contributed by atoms with van der Waals surface area (Å²) in [5.41, 5.74) is 2.02. The van der Waals surface area contributed by atoms with E-state index < -0.39 is 17.7 Å². The molecule has 1 aromatic heterocycles. The molecule has 4 aromatic rings. The van der Waals surface area contributed by atoms with Gasteiger partial charge in [0.1, 0.15) is 11.6 Å². The van der Waals surface area contributed by atoms with Crippen molar-refractivity contribution in [1.82, 2.24) is 4.98 Å². The number of H-pyrrole nitrogens is 1. The number of carbonyl (C=O) groups is 3. The molecule has 3 aromatic carbocycles. The Balaban J connectivity index is 1.10. The third-order valence-corrected chi connectivity index (χ3v) is 12.0. The van der Waals surface area contributed by atoms with Gasteiger partial charge in [0.25, 0.3) is 5.91 Å². The van der Waals surface area contributed by atoms with Crippen LogP contribution in [0.1, 0.15) is 22.8 Å². The van der Waals surface area contributed by atoms with Crippen molar-refractivity contribution in [2.45, 2.75) is 22.6 Å². The number of anilines is 2. The average molecular weight is 628 g/mol. The number of ether oxygens (including phenoxy) is 1. The molecule has 2 N–H and O–H groups in total. The SMILES string of the molecule is O=C(COc1cccc([C@@H]2c3sc(=O)[nH]c3S[C@@H]3[C@@H]4C[C@@H]([C@@H]5C(=O)N(c6ccc(F)cc6)C(=O)[C@@H]45)[C@H]23)c1)Nc1ccccc1. The molecule has 11 heteroatoms. The highest BCUT2D eigenvalue weighted by Gasteiger charge is 2.69. The fourth-order valence-electron chi connectivity index (χ4n) is 7.90. The molecular formula is C33H26FN3O5S2. The van der Waals surface area contributed by atoms with Crippen LogP contribution in [-0.2, 0) is 14.4 Å². The van der Waals surface area contributed by atoms with Crippen molar-refractivity contribution in [2.24, 2.45) is 29.6 Å². The van der Waals surface area contributed by atoms with E-state index in [4.69, 9.17) is 4.74 Å². The Morgan fingerprint density at radius 1 is 0.955 bits per heavy atom. The third kappa shape index (κ3) is 4.32. The lowest BCUT2D eigenvalue weighted by Crippen LogP contribution is -2.42. The molecule has 8 nitrogen and oxygen atoms in total. The van der Waals surface area contributed by atoms with Crippen molar-refractivity contribution in [1.29, 1.82) is 0 Å². The van der Waals surface area contributed by atoms with Crippen LogP contribution < -0.4 is 19.8 Å². The number of carbonyl (C=O) groups excluding carboxylic acids is 3. The summed E-state index contributed by atoms with van der Waals surface area (Å²) in [4.78, 5) is 57.8. The van der Waals surface area contributed by atoms with Gasteiger partial charge in [0.15, 0.2) is 6.61 Å². The summed E-state index contributed by atoms with van der Waals surface area (Å²) in [6.07, 6.45) is 0.762. The van der Waals surface area contributed by atoms with Crippen molar-refractivity contribution in [3.05, 3.63) is 105 Å². The number of hydrogen-bond acceptors (Lipinski definition) is 7. The number of nitrogens with one attached hydrogen (secondary N) is 2. The number of benzene rings is 3. The number of hydrogen-bond donors (Lipinski definition) is 2. The van der Waals surface area contributed by atoms with Gasteiger partial charge in [-0.25, -0.2) is 4.39 Å². The molecule has 0 radical (unpaired) electrons. The van der Waals surface area contributed by atoms with Crippen LogP contribution in [0.15, 0.2) is 88.7 Å². The topological polar surface area (TPSA) is 109 Å². The first kappa shape index (κ1) is 27.3. The summed E-state index contributed by atoms with van der Waals surface area (Å²) in [6, 6.07) is 22.2. The quantitative estimate of drug-likeness (QED) is 0.282. The molecule has 4 aliphatic rings. The molecular weight excluding hydrogens is 602 g/mol. The number of nitrogens with zero attached hydrogens (tertiary/aromatic N) is 1. The number of aromatic nitrogens is 1. The van der Waals surface area contributed by atoms with Crippen LogP contribution in [0.5, 0.6) is 5.75 Å². The molecule has 2 bridgehead atoms. The van der Waals surface area contributed by atoms with E-state index in [1.54, 1.807) is 30.0 Å². The normalized spacial score (nSPS) is 28.0. The highest BCUT2D eigenvalue weighted by Crippen LogP contribution is 2.68. The Hall–Kier alpha value is -4.22. The molecule has 2 aliphatic carbocycles. The van der Waals surface area contributed by atoms with Crippen LogP contribution in [0, 0.1) is 35.4 Å². The third-order valence-electron chi connectivity index (χ3n) is 9.45. The summed E-state index contributed by atoms with van der Waals surface area (Å²) >= 11 is 2.80.